The Morgan fingerprint density at radius 2 is 1.81 bits per heavy atom. The summed E-state index contributed by atoms with van der Waals surface area (Å²) in [6.07, 6.45) is 7.13. The highest BCUT2D eigenvalue weighted by Crippen LogP contribution is 2.48. The molecule has 8 nitrogen and oxygen atoms in total. The summed E-state index contributed by atoms with van der Waals surface area (Å²) >= 11 is 0. The molecule has 2 aliphatic rings. The van der Waals surface area contributed by atoms with E-state index in [-0.39, 0.29) is 29.9 Å². The third-order valence-corrected chi connectivity index (χ3v) is 7.32. The zero-order valence-electron chi connectivity index (χ0n) is 21.4. The predicted octanol–water partition coefficient (Wildman–Crippen LogP) is 4.04. The smallest absolute Gasteiger partial charge is 0.333 e. The number of rotatable bonds is 7. The Bertz CT molecular complexity index is 1440. The van der Waals surface area contributed by atoms with Crippen molar-refractivity contribution in [2.45, 2.75) is 72.7 Å². The molecule has 1 saturated carbocycles. The summed E-state index contributed by atoms with van der Waals surface area (Å²) in [5.74, 6) is 1.30. The molecule has 0 aliphatic heterocycles. The fraction of sp³-hybridized carbons (Fsp3) is 0.500. The van der Waals surface area contributed by atoms with Crippen LogP contribution < -0.4 is 11.2 Å². The fourth-order valence-electron chi connectivity index (χ4n) is 5.47. The van der Waals surface area contributed by atoms with Crippen LogP contribution in [0.15, 0.2) is 52.1 Å². The van der Waals surface area contributed by atoms with Crippen molar-refractivity contribution in [1.82, 2.24) is 18.7 Å². The molecule has 2 aliphatic carbocycles. The van der Waals surface area contributed by atoms with Gasteiger partial charge in [-0.05, 0) is 57.4 Å². The molecule has 0 radical (unpaired) electrons. The summed E-state index contributed by atoms with van der Waals surface area (Å²) in [7, 11) is 0. The average molecular weight is 491 g/mol. The predicted molar refractivity (Wildman–Crippen MR) is 138 cm³/mol. The van der Waals surface area contributed by atoms with Gasteiger partial charge in [0.1, 0.15) is 5.82 Å². The molecule has 1 fully saturated rings. The molecular weight excluding hydrogens is 456 g/mol. The topological polar surface area (TPSA) is 88.1 Å². The first kappa shape index (κ1) is 24.3. The molecule has 2 heterocycles. The lowest BCUT2D eigenvalue weighted by atomic mass is 9.93. The van der Waals surface area contributed by atoms with E-state index in [1.165, 1.54) is 4.57 Å². The Labute approximate surface area is 210 Å². The van der Waals surface area contributed by atoms with Gasteiger partial charge < -0.3 is 4.74 Å². The van der Waals surface area contributed by atoms with Crippen LogP contribution in [0.1, 0.15) is 64.3 Å². The van der Waals surface area contributed by atoms with Gasteiger partial charge in [0.05, 0.1) is 12.0 Å². The second-order valence-electron chi connectivity index (χ2n) is 11.1. The second-order valence-corrected chi connectivity index (χ2v) is 11.1. The van der Waals surface area contributed by atoms with Crippen LogP contribution >= 0.6 is 0 Å². The number of hydrogen-bond acceptors (Lipinski definition) is 5. The molecule has 0 amide bonds. The van der Waals surface area contributed by atoms with Gasteiger partial charge in [-0.3, -0.25) is 23.3 Å². The normalized spacial score (nSPS) is 20.9. The van der Waals surface area contributed by atoms with Crippen LogP contribution in [0.25, 0.3) is 11.2 Å². The number of ether oxygens (including phenoxy) is 1. The SMILES string of the molecule is CCCn1c(=O)c2c(nc(C3CC4C=CC3C4)n2COC(=O)C(C)(C)C)n(Cc2ccccc2)c1=O. The molecular formula is C28H34N4O4. The van der Waals surface area contributed by atoms with Gasteiger partial charge in [0.15, 0.2) is 17.9 Å². The Morgan fingerprint density at radius 3 is 2.42 bits per heavy atom. The maximum absolute atomic E-state index is 13.7. The van der Waals surface area contributed by atoms with E-state index < -0.39 is 5.41 Å². The van der Waals surface area contributed by atoms with Crippen molar-refractivity contribution in [3.05, 3.63) is 74.7 Å². The standard InChI is InChI=1S/C28H34N4O4/c1-5-13-30-25(33)22-24(31(27(30)35)16-18-9-7-6-8-10-18)29-23(21-15-19-11-12-20(21)14-19)32(22)17-36-26(34)28(2,3)4/h6-12,19-21H,5,13-17H2,1-4H3. The minimum absolute atomic E-state index is 0.107. The number of carbonyl (C=O) groups excluding carboxylic acids is 1. The van der Waals surface area contributed by atoms with Gasteiger partial charge >= 0.3 is 11.7 Å². The van der Waals surface area contributed by atoms with Crippen LogP contribution in [0.2, 0.25) is 0 Å². The lowest BCUT2D eigenvalue weighted by Crippen LogP contribution is -2.41. The molecule has 3 atom stereocenters. The van der Waals surface area contributed by atoms with Gasteiger partial charge in [-0.25, -0.2) is 9.78 Å². The highest BCUT2D eigenvalue weighted by atomic mass is 16.5. The Morgan fingerprint density at radius 1 is 1.06 bits per heavy atom. The molecule has 8 heteroatoms. The summed E-state index contributed by atoms with van der Waals surface area (Å²) in [6.45, 7) is 7.84. The van der Waals surface area contributed by atoms with Crippen molar-refractivity contribution in [3.8, 4) is 0 Å². The maximum Gasteiger partial charge on any atom is 0.333 e. The lowest BCUT2D eigenvalue weighted by Gasteiger charge is -2.21. The van der Waals surface area contributed by atoms with Crippen molar-refractivity contribution in [3.63, 3.8) is 0 Å². The largest absolute Gasteiger partial charge is 0.443 e. The Balaban J connectivity index is 1.72. The van der Waals surface area contributed by atoms with Crippen molar-refractivity contribution in [1.29, 1.82) is 0 Å². The van der Waals surface area contributed by atoms with E-state index in [9.17, 15) is 14.4 Å². The first-order valence-electron chi connectivity index (χ1n) is 12.8. The van der Waals surface area contributed by atoms with Crippen molar-refractivity contribution in [2.75, 3.05) is 0 Å². The zero-order valence-corrected chi connectivity index (χ0v) is 21.4. The van der Waals surface area contributed by atoms with Crippen LogP contribution in [-0.2, 0) is 29.4 Å². The van der Waals surface area contributed by atoms with Crippen LogP contribution in [0.5, 0.6) is 0 Å². The number of allylic oxidation sites excluding steroid dienone is 2. The first-order chi connectivity index (χ1) is 17.2. The Hall–Kier alpha value is -3.42. The van der Waals surface area contributed by atoms with Crippen LogP contribution in [-0.4, -0.2) is 24.7 Å². The molecule has 0 saturated heterocycles. The number of nitrogens with zero attached hydrogens (tertiary/aromatic N) is 4. The van der Waals surface area contributed by atoms with E-state index in [2.05, 4.69) is 12.2 Å². The Kier molecular flexibility index (Phi) is 6.22. The molecule has 2 bridgehead atoms. The molecule has 0 spiro atoms. The third kappa shape index (κ3) is 4.22. The molecule has 2 aromatic heterocycles. The molecule has 190 valence electrons. The summed E-state index contributed by atoms with van der Waals surface area (Å²) in [5.41, 5.74) is 0.195. The molecule has 3 unspecified atom stereocenters. The van der Waals surface area contributed by atoms with E-state index in [1.54, 1.807) is 29.9 Å². The van der Waals surface area contributed by atoms with Gasteiger partial charge in [-0.15, -0.1) is 0 Å². The van der Waals surface area contributed by atoms with Crippen LogP contribution in [0, 0.1) is 17.3 Å². The molecule has 5 rings (SSSR count). The van der Waals surface area contributed by atoms with Crippen LogP contribution in [0.3, 0.4) is 0 Å². The average Bonchev–Trinajstić information content (AvgIpc) is 3.57. The van der Waals surface area contributed by atoms with E-state index >= 15 is 0 Å². The van der Waals surface area contributed by atoms with Gasteiger partial charge in [-0.1, -0.05) is 49.4 Å². The second kappa shape index (κ2) is 9.22. The number of esters is 1. The molecule has 3 aromatic rings. The molecule has 0 N–H and O–H groups in total. The number of hydrogen-bond donors (Lipinski definition) is 0. The minimum Gasteiger partial charge on any atom is -0.443 e. The van der Waals surface area contributed by atoms with Gasteiger partial charge in [0.25, 0.3) is 5.56 Å². The number of fused-ring (bicyclic) bond motifs is 3. The summed E-state index contributed by atoms with van der Waals surface area (Å²) in [5, 5.41) is 0. The van der Waals surface area contributed by atoms with Crippen LogP contribution in [0.4, 0.5) is 0 Å². The fourth-order valence-corrected chi connectivity index (χ4v) is 5.47. The maximum atomic E-state index is 13.7. The highest BCUT2D eigenvalue weighted by Gasteiger charge is 2.40. The van der Waals surface area contributed by atoms with Crippen molar-refractivity contribution in [2.24, 2.45) is 17.3 Å². The lowest BCUT2D eigenvalue weighted by molar-refractivity contribution is -0.156. The molecule has 1 aromatic carbocycles. The summed E-state index contributed by atoms with van der Waals surface area (Å²) < 4.78 is 10.4. The van der Waals surface area contributed by atoms with E-state index in [0.717, 1.165) is 24.2 Å². The summed E-state index contributed by atoms with van der Waals surface area (Å²) in [6, 6.07) is 9.70. The number of carbonyl (C=O) groups is 1. The van der Waals surface area contributed by atoms with Gasteiger partial charge in [-0.2, -0.15) is 0 Å². The zero-order chi connectivity index (χ0) is 25.6. The summed E-state index contributed by atoms with van der Waals surface area (Å²) in [4.78, 5) is 44.9. The monoisotopic (exact) mass is 490 g/mol. The van der Waals surface area contributed by atoms with E-state index in [1.807, 2.05) is 37.3 Å². The van der Waals surface area contributed by atoms with E-state index in [4.69, 9.17) is 9.72 Å². The number of benzene rings is 1. The highest BCUT2D eigenvalue weighted by molar-refractivity contribution is 5.75. The quantitative estimate of drug-likeness (QED) is 0.368. The first-order valence-corrected chi connectivity index (χ1v) is 12.8. The number of aromatic nitrogens is 4. The van der Waals surface area contributed by atoms with Gasteiger partial charge in [0, 0.05) is 12.5 Å². The van der Waals surface area contributed by atoms with E-state index in [0.29, 0.717) is 42.5 Å². The third-order valence-electron chi connectivity index (χ3n) is 7.32. The van der Waals surface area contributed by atoms with Gasteiger partial charge in [0.2, 0.25) is 0 Å². The number of imidazole rings is 1. The van der Waals surface area contributed by atoms with Crippen molar-refractivity contribution < 1.29 is 9.53 Å². The minimum atomic E-state index is -0.677. The van der Waals surface area contributed by atoms with Crippen molar-refractivity contribution >= 4 is 17.1 Å². The molecule has 36 heavy (non-hydrogen) atoms.